The van der Waals surface area contributed by atoms with Gasteiger partial charge < -0.3 is 10.3 Å². The molecule has 0 aliphatic rings. The Bertz CT molecular complexity index is 583. The van der Waals surface area contributed by atoms with Crippen molar-refractivity contribution >= 4 is 17.3 Å². The topological polar surface area (TPSA) is 64.9 Å². The molecule has 0 aliphatic heterocycles. The highest BCUT2D eigenvalue weighted by Gasteiger charge is 2.27. The van der Waals surface area contributed by atoms with Crippen molar-refractivity contribution in [3.05, 3.63) is 29.0 Å². The summed E-state index contributed by atoms with van der Waals surface area (Å²) in [5.74, 6) is 0.111. The summed E-state index contributed by atoms with van der Waals surface area (Å²) in [6.45, 7) is 0. The standard InChI is InChI=1S/C11H9ClF3N3O/c12-7-5-6(1-2-8(7)16)10-17-9(18-19-10)3-4-11(13,14)15/h1-2,5H,3-4,16H2. The average Bonchev–Trinajstić information content (AvgIpc) is 2.78. The number of hydrogen-bond acceptors (Lipinski definition) is 4. The Hall–Kier alpha value is -1.76. The quantitative estimate of drug-likeness (QED) is 0.880. The Labute approximate surface area is 111 Å². The Morgan fingerprint density at radius 1 is 1.32 bits per heavy atom. The number of aryl methyl sites for hydroxylation is 1. The van der Waals surface area contributed by atoms with Crippen LogP contribution in [-0.4, -0.2) is 16.3 Å². The van der Waals surface area contributed by atoms with Gasteiger partial charge in [0.25, 0.3) is 5.89 Å². The first kappa shape index (κ1) is 13.7. The molecule has 0 aliphatic carbocycles. The molecular weight excluding hydrogens is 283 g/mol. The minimum Gasteiger partial charge on any atom is -0.398 e. The SMILES string of the molecule is Nc1ccc(-c2nc(CCC(F)(F)F)no2)cc1Cl. The summed E-state index contributed by atoms with van der Waals surface area (Å²) in [6.07, 6.45) is -5.56. The summed E-state index contributed by atoms with van der Waals surface area (Å²) in [5.41, 5.74) is 6.44. The molecule has 0 bridgehead atoms. The third-order valence-electron chi connectivity index (χ3n) is 2.35. The number of nitrogen functional groups attached to an aromatic ring is 1. The third-order valence-corrected chi connectivity index (χ3v) is 2.67. The number of halogens is 4. The lowest BCUT2D eigenvalue weighted by atomic mass is 10.2. The maximum absolute atomic E-state index is 12.1. The van der Waals surface area contributed by atoms with Gasteiger partial charge in [0.15, 0.2) is 5.82 Å². The highest BCUT2D eigenvalue weighted by Crippen LogP contribution is 2.26. The Kier molecular flexibility index (Phi) is 3.66. The molecule has 0 unspecified atom stereocenters. The van der Waals surface area contributed by atoms with E-state index < -0.39 is 12.6 Å². The van der Waals surface area contributed by atoms with Crippen molar-refractivity contribution in [3.8, 4) is 11.5 Å². The normalized spacial score (nSPS) is 11.8. The van der Waals surface area contributed by atoms with Crippen molar-refractivity contribution < 1.29 is 17.7 Å². The van der Waals surface area contributed by atoms with Crippen LogP contribution in [0.3, 0.4) is 0 Å². The molecule has 1 aromatic carbocycles. The minimum atomic E-state index is -4.24. The van der Waals surface area contributed by atoms with E-state index in [2.05, 4.69) is 10.1 Å². The summed E-state index contributed by atoms with van der Waals surface area (Å²) >= 11 is 5.83. The summed E-state index contributed by atoms with van der Waals surface area (Å²) in [5, 5.41) is 3.80. The zero-order valence-corrected chi connectivity index (χ0v) is 10.3. The Morgan fingerprint density at radius 3 is 2.68 bits per heavy atom. The van der Waals surface area contributed by atoms with Crippen molar-refractivity contribution in [1.29, 1.82) is 0 Å². The van der Waals surface area contributed by atoms with Crippen LogP contribution in [0, 0.1) is 0 Å². The molecule has 0 radical (unpaired) electrons. The molecule has 0 spiro atoms. The van der Waals surface area contributed by atoms with Crippen LogP contribution in [0.5, 0.6) is 0 Å². The average molecular weight is 292 g/mol. The molecule has 0 saturated carbocycles. The van der Waals surface area contributed by atoms with Gasteiger partial charge in [-0.1, -0.05) is 16.8 Å². The van der Waals surface area contributed by atoms with E-state index in [1.54, 1.807) is 12.1 Å². The van der Waals surface area contributed by atoms with Crippen LogP contribution in [0.4, 0.5) is 18.9 Å². The monoisotopic (exact) mass is 291 g/mol. The van der Waals surface area contributed by atoms with Gasteiger partial charge >= 0.3 is 6.18 Å². The second-order valence-corrected chi connectivity index (χ2v) is 4.27. The lowest BCUT2D eigenvalue weighted by Crippen LogP contribution is -2.09. The van der Waals surface area contributed by atoms with E-state index in [9.17, 15) is 13.2 Å². The second kappa shape index (κ2) is 5.08. The molecule has 2 aromatic rings. The van der Waals surface area contributed by atoms with Gasteiger partial charge in [-0.25, -0.2) is 0 Å². The number of nitrogens with two attached hydrogens (primary N) is 1. The molecule has 0 saturated heterocycles. The summed E-state index contributed by atoms with van der Waals surface area (Å²) < 4.78 is 41.0. The van der Waals surface area contributed by atoms with Crippen molar-refractivity contribution in [2.75, 3.05) is 5.73 Å². The summed E-state index contributed by atoms with van der Waals surface area (Å²) in [4.78, 5) is 3.88. The number of benzene rings is 1. The van der Waals surface area contributed by atoms with Gasteiger partial charge in [0.2, 0.25) is 0 Å². The van der Waals surface area contributed by atoms with E-state index >= 15 is 0 Å². The number of rotatable bonds is 3. The van der Waals surface area contributed by atoms with Crippen molar-refractivity contribution in [2.24, 2.45) is 0 Å². The molecule has 0 amide bonds. The third kappa shape index (κ3) is 3.60. The number of nitrogens with zero attached hydrogens (tertiary/aromatic N) is 2. The van der Waals surface area contributed by atoms with E-state index in [1.165, 1.54) is 6.07 Å². The number of aromatic nitrogens is 2. The van der Waals surface area contributed by atoms with E-state index in [0.717, 1.165) is 0 Å². The molecule has 1 aromatic heterocycles. The highest BCUT2D eigenvalue weighted by molar-refractivity contribution is 6.33. The fourth-order valence-corrected chi connectivity index (χ4v) is 1.57. The molecule has 0 atom stereocenters. The smallest absolute Gasteiger partial charge is 0.389 e. The molecule has 0 fully saturated rings. The van der Waals surface area contributed by atoms with Crippen molar-refractivity contribution in [1.82, 2.24) is 10.1 Å². The second-order valence-electron chi connectivity index (χ2n) is 3.87. The number of alkyl halides is 3. The van der Waals surface area contributed by atoms with Gasteiger partial charge in [-0.05, 0) is 18.2 Å². The van der Waals surface area contributed by atoms with Crippen LogP contribution in [0.2, 0.25) is 5.02 Å². The van der Waals surface area contributed by atoms with Crippen LogP contribution >= 0.6 is 11.6 Å². The van der Waals surface area contributed by atoms with E-state index in [1.807, 2.05) is 0 Å². The predicted molar refractivity (Wildman–Crippen MR) is 63.5 cm³/mol. The van der Waals surface area contributed by atoms with Crippen LogP contribution < -0.4 is 5.73 Å². The van der Waals surface area contributed by atoms with E-state index in [4.69, 9.17) is 21.9 Å². The minimum absolute atomic E-state index is 0.000252. The van der Waals surface area contributed by atoms with Crippen molar-refractivity contribution in [2.45, 2.75) is 19.0 Å². The Balaban J connectivity index is 2.14. The van der Waals surface area contributed by atoms with Gasteiger partial charge in [0, 0.05) is 12.0 Å². The molecule has 19 heavy (non-hydrogen) atoms. The fourth-order valence-electron chi connectivity index (χ4n) is 1.39. The molecule has 1 heterocycles. The zero-order chi connectivity index (χ0) is 14.0. The first-order valence-corrected chi connectivity index (χ1v) is 5.68. The van der Waals surface area contributed by atoms with Crippen LogP contribution in [0.25, 0.3) is 11.5 Å². The van der Waals surface area contributed by atoms with Crippen LogP contribution in [0.15, 0.2) is 22.7 Å². The first-order valence-electron chi connectivity index (χ1n) is 5.30. The number of anilines is 1. The number of hydrogen-bond donors (Lipinski definition) is 1. The molecule has 8 heteroatoms. The zero-order valence-electron chi connectivity index (χ0n) is 9.54. The molecule has 2 N–H and O–H groups in total. The molecule has 2 rings (SSSR count). The lowest BCUT2D eigenvalue weighted by Gasteiger charge is -2.01. The predicted octanol–water partition coefficient (Wildman–Crippen LogP) is 3.47. The van der Waals surface area contributed by atoms with E-state index in [0.29, 0.717) is 16.3 Å². The maximum Gasteiger partial charge on any atom is 0.389 e. The van der Waals surface area contributed by atoms with Gasteiger partial charge in [0.1, 0.15) is 0 Å². The Morgan fingerprint density at radius 2 is 2.05 bits per heavy atom. The van der Waals surface area contributed by atoms with Gasteiger partial charge in [-0.15, -0.1) is 0 Å². The largest absolute Gasteiger partial charge is 0.398 e. The van der Waals surface area contributed by atoms with Crippen LogP contribution in [-0.2, 0) is 6.42 Å². The van der Waals surface area contributed by atoms with Gasteiger partial charge in [-0.2, -0.15) is 18.2 Å². The first-order chi connectivity index (χ1) is 8.85. The molecule has 4 nitrogen and oxygen atoms in total. The lowest BCUT2D eigenvalue weighted by molar-refractivity contribution is -0.134. The van der Waals surface area contributed by atoms with E-state index in [-0.39, 0.29) is 18.1 Å². The highest BCUT2D eigenvalue weighted by atomic mass is 35.5. The van der Waals surface area contributed by atoms with Gasteiger partial charge in [0.05, 0.1) is 17.1 Å². The van der Waals surface area contributed by atoms with Gasteiger partial charge in [-0.3, -0.25) is 0 Å². The maximum atomic E-state index is 12.1. The molecular formula is C11H9ClF3N3O. The fraction of sp³-hybridized carbons (Fsp3) is 0.273. The van der Waals surface area contributed by atoms with Crippen LogP contribution in [0.1, 0.15) is 12.2 Å². The summed E-state index contributed by atoms with van der Waals surface area (Å²) in [6, 6.07) is 4.66. The van der Waals surface area contributed by atoms with Crippen molar-refractivity contribution in [3.63, 3.8) is 0 Å². The molecule has 102 valence electrons. The summed E-state index contributed by atoms with van der Waals surface area (Å²) in [7, 11) is 0.